The van der Waals surface area contributed by atoms with E-state index in [1.165, 1.54) is 16.4 Å². The van der Waals surface area contributed by atoms with Crippen LogP contribution in [0, 0.1) is 6.92 Å². The average Bonchev–Trinajstić information content (AvgIpc) is 3.08. The lowest BCUT2D eigenvalue weighted by Gasteiger charge is -2.38. The Morgan fingerprint density at radius 1 is 1.36 bits per heavy atom. The second kappa shape index (κ2) is 6.83. The summed E-state index contributed by atoms with van der Waals surface area (Å²) in [5, 5.41) is 14.5. The fraction of sp³-hybridized carbons (Fsp3) is 0.471. The van der Waals surface area contributed by atoms with E-state index in [1.807, 2.05) is 12.1 Å². The summed E-state index contributed by atoms with van der Waals surface area (Å²) in [6, 6.07) is 8.06. The average molecular weight is 423 g/mol. The Balaban J connectivity index is 1.68. The topological polar surface area (TPSA) is 71.2 Å². The number of aryl methyl sites for hydroxylation is 1. The highest BCUT2D eigenvalue weighted by Crippen LogP contribution is 2.42. The molecule has 1 N–H and O–H groups in total. The van der Waals surface area contributed by atoms with Crippen molar-refractivity contribution in [3.05, 3.63) is 40.1 Å². The third kappa shape index (κ3) is 3.28. The SMILES string of the molecule is Cc1nc2n(n1)C(=O)C(C(c1cccc(Br)c1)N1CCC(O)CC1)S2. The van der Waals surface area contributed by atoms with Crippen molar-refractivity contribution in [1.82, 2.24) is 19.7 Å². The van der Waals surface area contributed by atoms with Gasteiger partial charge in [0.2, 0.25) is 0 Å². The number of carbonyl (C=O) groups is 1. The molecule has 4 rings (SSSR count). The molecule has 2 unspecified atom stereocenters. The zero-order valence-corrected chi connectivity index (χ0v) is 16.2. The van der Waals surface area contributed by atoms with E-state index in [0.29, 0.717) is 11.0 Å². The highest BCUT2D eigenvalue weighted by molar-refractivity contribution is 9.10. The van der Waals surface area contributed by atoms with Gasteiger partial charge < -0.3 is 5.11 Å². The molecule has 0 saturated carbocycles. The van der Waals surface area contributed by atoms with E-state index in [2.05, 4.69) is 43.0 Å². The van der Waals surface area contributed by atoms with Gasteiger partial charge in [0.05, 0.1) is 12.1 Å². The van der Waals surface area contributed by atoms with Gasteiger partial charge in [-0.15, -0.1) is 5.10 Å². The number of aromatic nitrogens is 3. The molecule has 0 bridgehead atoms. The van der Waals surface area contributed by atoms with Crippen molar-refractivity contribution in [3.63, 3.8) is 0 Å². The quantitative estimate of drug-likeness (QED) is 0.819. The van der Waals surface area contributed by atoms with Gasteiger partial charge in [0.15, 0.2) is 5.16 Å². The zero-order chi connectivity index (χ0) is 17.6. The number of aliphatic hydroxyl groups excluding tert-OH is 1. The molecule has 2 atom stereocenters. The van der Waals surface area contributed by atoms with Crippen molar-refractivity contribution in [3.8, 4) is 0 Å². The number of piperidine rings is 1. The molecule has 2 aliphatic rings. The number of benzene rings is 1. The van der Waals surface area contributed by atoms with Crippen LogP contribution in [0.4, 0.5) is 0 Å². The van der Waals surface area contributed by atoms with E-state index in [4.69, 9.17) is 0 Å². The van der Waals surface area contributed by atoms with Gasteiger partial charge in [0.1, 0.15) is 11.1 Å². The summed E-state index contributed by atoms with van der Waals surface area (Å²) in [5.41, 5.74) is 1.10. The lowest BCUT2D eigenvalue weighted by atomic mass is 9.97. The minimum atomic E-state index is -0.278. The molecule has 3 heterocycles. The zero-order valence-electron chi connectivity index (χ0n) is 13.8. The van der Waals surface area contributed by atoms with E-state index < -0.39 is 0 Å². The summed E-state index contributed by atoms with van der Waals surface area (Å²) in [6.45, 7) is 3.35. The molecule has 8 heteroatoms. The van der Waals surface area contributed by atoms with Crippen molar-refractivity contribution in [2.45, 2.75) is 42.3 Å². The molecule has 25 heavy (non-hydrogen) atoms. The molecule has 1 saturated heterocycles. The van der Waals surface area contributed by atoms with Crippen LogP contribution < -0.4 is 0 Å². The van der Waals surface area contributed by atoms with Gasteiger partial charge in [-0.3, -0.25) is 9.69 Å². The number of likely N-dealkylation sites (tertiary alicyclic amines) is 1. The summed E-state index contributed by atoms with van der Waals surface area (Å²) in [5.74, 6) is 0.603. The molecule has 0 radical (unpaired) electrons. The number of carbonyl (C=O) groups excluding carboxylic acids is 1. The van der Waals surface area contributed by atoms with Crippen molar-refractivity contribution >= 4 is 33.6 Å². The van der Waals surface area contributed by atoms with Gasteiger partial charge in [0, 0.05) is 17.6 Å². The first-order chi connectivity index (χ1) is 12.0. The molecular weight excluding hydrogens is 404 g/mol. The van der Waals surface area contributed by atoms with Crippen LogP contribution in [0.3, 0.4) is 0 Å². The predicted molar refractivity (Wildman–Crippen MR) is 98.7 cm³/mol. The number of hydrogen-bond donors (Lipinski definition) is 1. The smallest absolute Gasteiger partial charge is 0.264 e. The predicted octanol–water partition coefficient (Wildman–Crippen LogP) is 2.66. The van der Waals surface area contributed by atoms with E-state index in [0.717, 1.165) is 36.0 Å². The largest absolute Gasteiger partial charge is 0.393 e. The molecule has 1 fully saturated rings. The van der Waals surface area contributed by atoms with Crippen LogP contribution in [0.15, 0.2) is 33.9 Å². The molecule has 2 aliphatic heterocycles. The van der Waals surface area contributed by atoms with E-state index >= 15 is 0 Å². The summed E-state index contributed by atoms with van der Waals surface area (Å²) < 4.78 is 2.43. The summed E-state index contributed by atoms with van der Waals surface area (Å²) in [6.07, 6.45) is 1.22. The fourth-order valence-electron chi connectivity index (χ4n) is 3.53. The Kier molecular flexibility index (Phi) is 4.70. The molecule has 132 valence electrons. The normalized spacial score (nSPS) is 23.0. The van der Waals surface area contributed by atoms with Gasteiger partial charge in [-0.1, -0.05) is 39.8 Å². The first kappa shape index (κ1) is 17.2. The second-order valence-electron chi connectivity index (χ2n) is 6.50. The number of fused-ring (bicyclic) bond motifs is 1. The van der Waals surface area contributed by atoms with Crippen LogP contribution in [-0.2, 0) is 0 Å². The van der Waals surface area contributed by atoms with E-state index in [1.54, 1.807) is 6.92 Å². The fourth-order valence-corrected chi connectivity index (χ4v) is 5.25. The Bertz CT molecular complexity index is 804. The van der Waals surface area contributed by atoms with Crippen molar-refractivity contribution < 1.29 is 9.90 Å². The number of thioether (sulfide) groups is 1. The lowest BCUT2D eigenvalue weighted by Crippen LogP contribution is -2.44. The van der Waals surface area contributed by atoms with Crippen molar-refractivity contribution in [2.24, 2.45) is 0 Å². The second-order valence-corrected chi connectivity index (χ2v) is 8.52. The molecule has 0 aliphatic carbocycles. The summed E-state index contributed by atoms with van der Waals surface area (Å²) in [7, 11) is 0. The molecule has 1 aromatic heterocycles. The van der Waals surface area contributed by atoms with Crippen molar-refractivity contribution in [1.29, 1.82) is 0 Å². The number of halogens is 1. The number of nitrogens with zero attached hydrogens (tertiary/aromatic N) is 4. The minimum Gasteiger partial charge on any atom is -0.393 e. The first-order valence-corrected chi connectivity index (χ1v) is 10.0. The highest BCUT2D eigenvalue weighted by Gasteiger charge is 2.43. The maximum absolute atomic E-state index is 13.0. The third-order valence-electron chi connectivity index (χ3n) is 4.74. The highest BCUT2D eigenvalue weighted by atomic mass is 79.9. The third-order valence-corrected chi connectivity index (χ3v) is 6.42. The Morgan fingerprint density at radius 3 is 2.80 bits per heavy atom. The molecule has 0 spiro atoms. The number of aliphatic hydroxyl groups is 1. The van der Waals surface area contributed by atoms with Gasteiger partial charge >= 0.3 is 0 Å². The summed E-state index contributed by atoms with van der Waals surface area (Å²) >= 11 is 5.03. The minimum absolute atomic E-state index is 0.0169. The van der Waals surface area contributed by atoms with E-state index in [9.17, 15) is 9.90 Å². The molecule has 6 nitrogen and oxygen atoms in total. The molecule has 0 amide bonds. The van der Waals surface area contributed by atoms with Crippen LogP contribution in [-0.4, -0.2) is 55.1 Å². The van der Waals surface area contributed by atoms with Gasteiger partial charge in [-0.2, -0.15) is 4.68 Å². The van der Waals surface area contributed by atoms with Crippen molar-refractivity contribution in [2.75, 3.05) is 13.1 Å². The lowest BCUT2D eigenvalue weighted by molar-refractivity contribution is 0.0551. The Morgan fingerprint density at radius 2 is 2.12 bits per heavy atom. The molecule has 1 aromatic carbocycles. The summed E-state index contributed by atoms with van der Waals surface area (Å²) in [4.78, 5) is 19.6. The standard InChI is InChI=1S/C17H19BrN4O2S/c1-10-19-17-22(20-10)16(24)15(25-17)14(11-3-2-4-12(18)9-11)21-7-5-13(23)6-8-21/h2-4,9,13-15,23H,5-8H2,1H3. The molecule has 2 aromatic rings. The van der Waals surface area contributed by atoms with E-state index in [-0.39, 0.29) is 23.3 Å². The van der Waals surface area contributed by atoms with Crippen LogP contribution in [0.5, 0.6) is 0 Å². The Hall–Kier alpha value is -1.22. The van der Waals surface area contributed by atoms with Crippen LogP contribution in [0.2, 0.25) is 0 Å². The molecular formula is C17H19BrN4O2S. The van der Waals surface area contributed by atoms with Gasteiger partial charge in [0.25, 0.3) is 5.91 Å². The van der Waals surface area contributed by atoms with Crippen LogP contribution in [0.1, 0.15) is 35.1 Å². The number of rotatable bonds is 3. The monoisotopic (exact) mass is 422 g/mol. The first-order valence-electron chi connectivity index (χ1n) is 8.35. The van der Waals surface area contributed by atoms with Crippen LogP contribution >= 0.6 is 27.7 Å². The van der Waals surface area contributed by atoms with Gasteiger partial charge in [-0.25, -0.2) is 4.98 Å². The number of hydrogen-bond acceptors (Lipinski definition) is 6. The Labute approximate surface area is 158 Å². The maximum Gasteiger partial charge on any atom is 0.264 e. The van der Waals surface area contributed by atoms with Crippen LogP contribution in [0.25, 0.3) is 0 Å². The maximum atomic E-state index is 13.0. The van der Waals surface area contributed by atoms with Gasteiger partial charge in [-0.05, 0) is 37.5 Å².